The molecule has 0 atom stereocenters. The van der Waals surface area contributed by atoms with Gasteiger partial charge in [0, 0.05) is 19.2 Å². The molecular formula is C11H13N5O. The molecule has 2 aromatic heterocycles. The van der Waals surface area contributed by atoms with Gasteiger partial charge in [0.05, 0.1) is 0 Å². The summed E-state index contributed by atoms with van der Waals surface area (Å²) in [5, 5.41) is 9.25. The highest BCUT2D eigenvalue weighted by molar-refractivity contribution is 5.93. The maximum Gasteiger partial charge on any atom is 0.270 e. The summed E-state index contributed by atoms with van der Waals surface area (Å²) in [4.78, 5) is 19.8. The molecule has 0 unspecified atom stereocenters. The highest BCUT2D eigenvalue weighted by Gasteiger charge is 2.09. The Bertz CT molecular complexity index is 494. The molecule has 88 valence electrons. The van der Waals surface area contributed by atoms with Crippen molar-refractivity contribution in [2.45, 2.75) is 13.3 Å². The van der Waals surface area contributed by atoms with E-state index in [1.807, 2.05) is 13.0 Å². The lowest BCUT2D eigenvalue weighted by Gasteiger charge is -2.05. The molecule has 0 aliphatic heterocycles. The highest BCUT2D eigenvalue weighted by atomic mass is 16.1. The molecule has 0 aliphatic rings. The number of carbonyl (C=O) groups is 1. The highest BCUT2D eigenvalue weighted by Crippen LogP contribution is 2.02. The third-order valence-corrected chi connectivity index (χ3v) is 2.34. The summed E-state index contributed by atoms with van der Waals surface area (Å²) in [7, 11) is 0. The number of hydrogen-bond donors (Lipinski definition) is 2. The quantitative estimate of drug-likeness (QED) is 0.801. The van der Waals surface area contributed by atoms with Crippen molar-refractivity contribution in [2.24, 2.45) is 0 Å². The number of pyridine rings is 1. The molecule has 2 aromatic rings. The van der Waals surface area contributed by atoms with E-state index in [9.17, 15) is 4.79 Å². The third kappa shape index (κ3) is 2.87. The van der Waals surface area contributed by atoms with Crippen LogP contribution in [0.4, 0.5) is 0 Å². The molecule has 6 heteroatoms. The summed E-state index contributed by atoms with van der Waals surface area (Å²) in [5.74, 6) is 0.589. The van der Waals surface area contributed by atoms with Crippen molar-refractivity contribution in [3.63, 3.8) is 0 Å². The van der Waals surface area contributed by atoms with Gasteiger partial charge in [0.1, 0.15) is 17.8 Å². The van der Waals surface area contributed by atoms with E-state index in [1.54, 1.807) is 12.3 Å². The van der Waals surface area contributed by atoms with Crippen LogP contribution in [0.1, 0.15) is 21.9 Å². The van der Waals surface area contributed by atoms with Crippen molar-refractivity contribution < 1.29 is 4.79 Å². The van der Waals surface area contributed by atoms with Crippen LogP contribution in [-0.4, -0.2) is 32.6 Å². The first-order chi connectivity index (χ1) is 8.27. The predicted octanol–water partition coefficient (Wildman–Crippen LogP) is 0.481. The molecule has 0 bridgehead atoms. The van der Waals surface area contributed by atoms with Gasteiger partial charge < -0.3 is 5.32 Å². The molecular weight excluding hydrogens is 218 g/mol. The van der Waals surface area contributed by atoms with Crippen molar-refractivity contribution in [2.75, 3.05) is 6.54 Å². The number of H-pyrrole nitrogens is 1. The number of rotatable bonds is 4. The Labute approximate surface area is 98.5 Å². The Morgan fingerprint density at radius 2 is 2.35 bits per heavy atom. The smallest absolute Gasteiger partial charge is 0.270 e. The molecule has 0 fully saturated rings. The zero-order valence-corrected chi connectivity index (χ0v) is 9.47. The first kappa shape index (κ1) is 11.3. The average Bonchev–Trinajstić information content (AvgIpc) is 2.82. The number of aryl methyl sites for hydroxylation is 1. The number of nitrogens with zero attached hydrogens (tertiary/aromatic N) is 3. The molecule has 0 radical (unpaired) electrons. The van der Waals surface area contributed by atoms with Gasteiger partial charge in [-0.1, -0.05) is 6.07 Å². The zero-order valence-electron chi connectivity index (χ0n) is 9.47. The molecule has 0 spiro atoms. The van der Waals surface area contributed by atoms with Gasteiger partial charge >= 0.3 is 0 Å². The largest absolute Gasteiger partial charge is 0.350 e. The van der Waals surface area contributed by atoms with Gasteiger partial charge in [-0.2, -0.15) is 5.10 Å². The van der Waals surface area contributed by atoms with Gasteiger partial charge in [0.25, 0.3) is 5.91 Å². The fraction of sp³-hybridized carbons (Fsp3) is 0.273. The van der Waals surface area contributed by atoms with Crippen LogP contribution in [-0.2, 0) is 6.42 Å². The Hall–Kier alpha value is -2.24. The van der Waals surface area contributed by atoms with Crippen LogP contribution in [0.5, 0.6) is 0 Å². The first-order valence-corrected chi connectivity index (χ1v) is 5.31. The van der Waals surface area contributed by atoms with Gasteiger partial charge in [-0.25, -0.2) is 4.98 Å². The number of carbonyl (C=O) groups excluding carboxylic acids is 1. The first-order valence-electron chi connectivity index (χ1n) is 5.31. The normalized spacial score (nSPS) is 10.2. The van der Waals surface area contributed by atoms with Gasteiger partial charge in [0.15, 0.2) is 0 Å². The Morgan fingerprint density at radius 1 is 1.47 bits per heavy atom. The van der Waals surface area contributed by atoms with Gasteiger partial charge in [0.2, 0.25) is 0 Å². The predicted molar refractivity (Wildman–Crippen MR) is 61.4 cm³/mol. The van der Waals surface area contributed by atoms with Crippen LogP contribution in [0.25, 0.3) is 0 Å². The second-order valence-corrected chi connectivity index (χ2v) is 3.61. The van der Waals surface area contributed by atoms with Crippen LogP contribution in [0.3, 0.4) is 0 Å². The Balaban J connectivity index is 1.88. The van der Waals surface area contributed by atoms with E-state index in [1.165, 1.54) is 6.33 Å². The lowest BCUT2D eigenvalue weighted by molar-refractivity contribution is 0.0948. The standard InChI is InChI=1S/C11H13N5O/c1-8-3-2-5-12-10(8)11(17)13-6-4-9-14-7-15-16-9/h2-3,5,7H,4,6H2,1H3,(H,13,17)(H,14,15,16). The van der Waals surface area contributed by atoms with Crippen LogP contribution >= 0.6 is 0 Å². The summed E-state index contributed by atoms with van der Waals surface area (Å²) < 4.78 is 0. The summed E-state index contributed by atoms with van der Waals surface area (Å²) in [6.07, 6.45) is 3.68. The number of aromatic nitrogens is 4. The van der Waals surface area contributed by atoms with Gasteiger partial charge in [-0.15, -0.1) is 0 Å². The average molecular weight is 231 g/mol. The van der Waals surface area contributed by atoms with Crippen LogP contribution < -0.4 is 5.32 Å². The lowest BCUT2D eigenvalue weighted by atomic mass is 10.2. The zero-order chi connectivity index (χ0) is 12.1. The molecule has 0 saturated heterocycles. The fourth-order valence-electron chi connectivity index (χ4n) is 1.45. The third-order valence-electron chi connectivity index (χ3n) is 2.34. The molecule has 2 heterocycles. The summed E-state index contributed by atoms with van der Waals surface area (Å²) >= 11 is 0. The minimum atomic E-state index is -0.164. The maximum absolute atomic E-state index is 11.8. The maximum atomic E-state index is 11.8. The Morgan fingerprint density at radius 3 is 3.06 bits per heavy atom. The van der Waals surface area contributed by atoms with E-state index >= 15 is 0 Å². The van der Waals surface area contributed by atoms with E-state index in [0.29, 0.717) is 18.7 Å². The minimum absolute atomic E-state index is 0.164. The van der Waals surface area contributed by atoms with Crippen molar-refractivity contribution in [3.8, 4) is 0 Å². The van der Waals surface area contributed by atoms with E-state index in [2.05, 4.69) is 25.5 Å². The molecule has 2 rings (SSSR count). The van der Waals surface area contributed by atoms with Crippen LogP contribution in [0.15, 0.2) is 24.7 Å². The minimum Gasteiger partial charge on any atom is -0.350 e. The lowest BCUT2D eigenvalue weighted by Crippen LogP contribution is -2.27. The molecule has 0 saturated carbocycles. The van der Waals surface area contributed by atoms with Gasteiger partial charge in [-0.3, -0.25) is 14.9 Å². The molecule has 17 heavy (non-hydrogen) atoms. The number of hydrogen-bond acceptors (Lipinski definition) is 4. The van der Waals surface area contributed by atoms with Crippen molar-refractivity contribution in [3.05, 3.63) is 41.7 Å². The topological polar surface area (TPSA) is 83.6 Å². The molecule has 0 aromatic carbocycles. The second-order valence-electron chi connectivity index (χ2n) is 3.61. The molecule has 0 aliphatic carbocycles. The van der Waals surface area contributed by atoms with Crippen molar-refractivity contribution >= 4 is 5.91 Å². The van der Waals surface area contributed by atoms with Crippen molar-refractivity contribution in [1.29, 1.82) is 0 Å². The van der Waals surface area contributed by atoms with E-state index in [-0.39, 0.29) is 5.91 Å². The van der Waals surface area contributed by atoms with Crippen molar-refractivity contribution in [1.82, 2.24) is 25.5 Å². The van der Waals surface area contributed by atoms with E-state index < -0.39 is 0 Å². The fourth-order valence-corrected chi connectivity index (χ4v) is 1.45. The number of amides is 1. The number of aromatic amines is 1. The van der Waals surface area contributed by atoms with Gasteiger partial charge in [-0.05, 0) is 18.6 Å². The summed E-state index contributed by atoms with van der Waals surface area (Å²) in [6.45, 7) is 2.36. The second kappa shape index (κ2) is 5.20. The molecule has 6 nitrogen and oxygen atoms in total. The monoisotopic (exact) mass is 231 g/mol. The molecule has 1 amide bonds. The summed E-state index contributed by atoms with van der Waals surface area (Å²) in [6, 6.07) is 3.67. The molecule has 2 N–H and O–H groups in total. The Kier molecular flexibility index (Phi) is 3.44. The SMILES string of the molecule is Cc1cccnc1C(=O)NCCc1ncn[nH]1. The van der Waals surface area contributed by atoms with Crippen LogP contribution in [0, 0.1) is 6.92 Å². The summed E-state index contributed by atoms with van der Waals surface area (Å²) in [5.41, 5.74) is 1.33. The number of nitrogens with one attached hydrogen (secondary N) is 2. The van der Waals surface area contributed by atoms with Crippen LogP contribution in [0.2, 0.25) is 0 Å². The van der Waals surface area contributed by atoms with E-state index in [0.717, 1.165) is 11.4 Å². The van der Waals surface area contributed by atoms with E-state index in [4.69, 9.17) is 0 Å².